The molecule has 5 nitrogen and oxygen atoms in total. The molecule has 1 heterocycles. The van der Waals surface area contributed by atoms with Crippen LogP contribution in [0.2, 0.25) is 0 Å². The van der Waals surface area contributed by atoms with Crippen molar-refractivity contribution in [1.29, 1.82) is 0 Å². The molecule has 5 heteroatoms. The lowest BCUT2D eigenvalue weighted by atomic mass is 10.1. The summed E-state index contributed by atoms with van der Waals surface area (Å²) < 4.78 is 15.8. The molecule has 0 unspecified atom stereocenters. The minimum atomic E-state index is -0.341. The highest BCUT2D eigenvalue weighted by molar-refractivity contribution is 5.90. The number of hydrogen-bond acceptors (Lipinski definition) is 5. The number of morpholine rings is 1. The number of benzene rings is 1. The van der Waals surface area contributed by atoms with Gasteiger partial charge in [0.1, 0.15) is 12.4 Å². The largest absolute Gasteiger partial charge is 0.492 e. The smallest absolute Gasteiger partial charge is 0.337 e. The third-order valence-corrected chi connectivity index (χ3v) is 3.25. The molecular weight excluding hydrogens is 258 g/mol. The summed E-state index contributed by atoms with van der Waals surface area (Å²) in [5.74, 6) is 0.366. The Morgan fingerprint density at radius 2 is 2.05 bits per heavy atom. The van der Waals surface area contributed by atoms with Crippen LogP contribution in [-0.2, 0) is 9.47 Å². The Bertz CT molecular complexity index is 455. The van der Waals surface area contributed by atoms with Crippen LogP contribution >= 0.6 is 0 Å². The van der Waals surface area contributed by atoms with E-state index in [0.29, 0.717) is 17.9 Å². The number of nitrogens with zero attached hydrogens (tertiary/aromatic N) is 1. The first-order chi connectivity index (χ1) is 9.69. The van der Waals surface area contributed by atoms with Gasteiger partial charge >= 0.3 is 5.97 Å². The number of rotatable bonds is 5. The highest BCUT2D eigenvalue weighted by Gasteiger charge is 2.11. The van der Waals surface area contributed by atoms with E-state index in [4.69, 9.17) is 14.2 Å². The van der Waals surface area contributed by atoms with Crippen molar-refractivity contribution in [3.05, 3.63) is 29.3 Å². The van der Waals surface area contributed by atoms with Crippen molar-refractivity contribution in [3.63, 3.8) is 0 Å². The number of aryl methyl sites for hydroxylation is 1. The number of esters is 1. The van der Waals surface area contributed by atoms with E-state index < -0.39 is 0 Å². The van der Waals surface area contributed by atoms with Crippen LogP contribution in [0.25, 0.3) is 0 Å². The van der Waals surface area contributed by atoms with Crippen LogP contribution in [0.5, 0.6) is 5.75 Å². The van der Waals surface area contributed by atoms with Crippen LogP contribution < -0.4 is 4.74 Å². The second-order valence-corrected chi connectivity index (χ2v) is 4.83. The fourth-order valence-corrected chi connectivity index (χ4v) is 2.18. The Balaban J connectivity index is 1.88. The molecule has 0 N–H and O–H groups in total. The summed E-state index contributed by atoms with van der Waals surface area (Å²) >= 11 is 0. The van der Waals surface area contributed by atoms with E-state index in [1.165, 1.54) is 7.11 Å². The molecule has 0 atom stereocenters. The Morgan fingerprint density at radius 3 is 2.75 bits per heavy atom. The van der Waals surface area contributed by atoms with E-state index in [0.717, 1.165) is 38.4 Å². The van der Waals surface area contributed by atoms with Gasteiger partial charge < -0.3 is 14.2 Å². The van der Waals surface area contributed by atoms with Gasteiger partial charge in [-0.05, 0) is 30.7 Å². The molecule has 1 saturated heterocycles. The number of hydrogen-bond donors (Lipinski definition) is 0. The quantitative estimate of drug-likeness (QED) is 0.764. The van der Waals surface area contributed by atoms with Crippen molar-refractivity contribution in [2.75, 3.05) is 46.6 Å². The molecule has 2 rings (SSSR count). The third kappa shape index (κ3) is 4.21. The maximum Gasteiger partial charge on any atom is 0.337 e. The Hall–Kier alpha value is -1.59. The zero-order valence-electron chi connectivity index (χ0n) is 12.1. The third-order valence-electron chi connectivity index (χ3n) is 3.25. The van der Waals surface area contributed by atoms with Crippen molar-refractivity contribution in [3.8, 4) is 5.75 Å². The molecule has 0 aromatic heterocycles. The van der Waals surface area contributed by atoms with Gasteiger partial charge in [0, 0.05) is 19.6 Å². The van der Waals surface area contributed by atoms with Crippen molar-refractivity contribution in [2.45, 2.75) is 6.92 Å². The average Bonchev–Trinajstić information content (AvgIpc) is 2.47. The van der Waals surface area contributed by atoms with Gasteiger partial charge in [0.15, 0.2) is 0 Å². The highest BCUT2D eigenvalue weighted by atomic mass is 16.5. The average molecular weight is 279 g/mol. The molecule has 0 amide bonds. The predicted molar refractivity (Wildman–Crippen MR) is 75.3 cm³/mol. The van der Waals surface area contributed by atoms with Crippen molar-refractivity contribution in [2.24, 2.45) is 0 Å². The maximum absolute atomic E-state index is 11.5. The van der Waals surface area contributed by atoms with Crippen molar-refractivity contribution >= 4 is 5.97 Å². The van der Waals surface area contributed by atoms with Crippen molar-refractivity contribution < 1.29 is 19.0 Å². The van der Waals surface area contributed by atoms with Gasteiger partial charge in [0.05, 0.1) is 25.9 Å². The lowest BCUT2D eigenvalue weighted by Crippen LogP contribution is -2.38. The van der Waals surface area contributed by atoms with Crippen LogP contribution in [0.1, 0.15) is 15.9 Å². The van der Waals surface area contributed by atoms with Crippen LogP contribution in [0.15, 0.2) is 18.2 Å². The van der Waals surface area contributed by atoms with Crippen molar-refractivity contribution in [1.82, 2.24) is 4.90 Å². The Kier molecular flexibility index (Phi) is 5.38. The fraction of sp³-hybridized carbons (Fsp3) is 0.533. The molecule has 1 aliphatic rings. The summed E-state index contributed by atoms with van der Waals surface area (Å²) in [7, 11) is 1.38. The lowest BCUT2D eigenvalue weighted by molar-refractivity contribution is 0.0322. The molecule has 1 aromatic rings. The van der Waals surface area contributed by atoms with Gasteiger partial charge in [-0.1, -0.05) is 0 Å². The summed E-state index contributed by atoms with van der Waals surface area (Å²) in [4.78, 5) is 13.8. The highest BCUT2D eigenvalue weighted by Crippen LogP contribution is 2.17. The zero-order valence-corrected chi connectivity index (χ0v) is 12.1. The molecule has 0 radical (unpaired) electrons. The van der Waals surface area contributed by atoms with E-state index in [1.54, 1.807) is 12.1 Å². The van der Waals surface area contributed by atoms with E-state index in [9.17, 15) is 4.79 Å². The normalized spacial score (nSPS) is 15.9. The first-order valence-corrected chi connectivity index (χ1v) is 6.82. The Morgan fingerprint density at radius 1 is 1.30 bits per heavy atom. The summed E-state index contributed by atoms with van der Waals surface area (Å²) in [6, 6.07) is 5.44. The molecule has 20 heavy (non-hydrogen) atoms. The van der Waals surface area contributed by atoms with E-state index in [2.05, 4.69) is 4.90 Å². The number of carbonyl (C=O) groups excluding carboxylic acids is 1. The van der Waals surface area contributed by atoms with Gasteiger partial charge in [-0.2, -0.15) is 0 Å². The topological polar surface area (TPSA) is 48.0 Å². The first-order valence-electron chi connectivity index (χ1n) is 6.82. The van der Waals surface area contributed by atoms with Crippen LogP contribution in [0, 0.1) is 6.92 Å². The van der Waals surface area contributed by atoms with Crippen LogP contribution in [0.4, 0.5) is 0 Å². The molecule has 1 aromatic carbocycles. The van der Waals surface area contributed by atoms with Crippen LogP contribution in [0.3, 0.4) is 0 Å². The predicted octanol–water partition coefficient (Wildman–Crippen LogP) is 1.49. The van der Waals surface area contributed by atoms with Gasteiger partial charge in [-0.25, -0.2) is 4.79 Å². The SMILES string of the molecule is COC(=O)c1cc(C)cc(OCCN2CCOCC2)c1. The fourth-order valence-electron chi connectivity index (χ4n) is 2.18. The van der Waals surface area contributed by atoms with Crippen LogP contribution in [-0.4, -0.2) is 57.4 Å². The second-order valence-electron chi connectivity index (χ2n) is 4.83. The maximum atomic E-state index is 11.5. The van der Waals surface area contributed by atoms with E-state index >= 15 is 0 Å². The monoisotopic (exact) mass is 279 g/mol. The van der Waals surface area contributed by atoms with Gasteiger partial charge in [-0.3, -0.25) is 4.90 Å². The second kappa shape index (κ2) is 7.26. The molecular formula is C15H21NO4. The standard InChI is InChI=1S/C15H21NO4/c1-12-9-13(15(17)18-2)11-14(10-12)20-8-5-16-3-6-19-7-4-16/h9-11H,3-8H2,1-2H3. The number of ether oxygens (including phenoxy) is 3. The first kappa shape index (κ1) is 14.8. The molecule has 1 aliphatic heterocycles. The van der Waals surface area contributed by atoms with Gasteiger partial charge in [0.2, 0.25) is 0 Å². The molecule has 0 aliphatic carbocycles. The summed E-state index contributed by atoms with van der Waals surface area (Å²) in [5.41, 5.74) is 1.50. The summed E-state index contributed by atoms with van der Waals surface area (Å²) in [6.45, 7) is 6.87. The number of methoxy groups -OCH3 is 1. The summed E-state index contributed by atoms with van der Waals surface area (Å²) in [6.07, 6.45) is 0. The van der Waals surface area contributed by atoms with E-state index in [1.807, 2.05) is 13.0 Å². The molecule has 0 saturated carbocycles. The molecule has 1 fully saturated rings. The minimum absolute atomic E-state index is 0.341. The zero-order chi connectivity index (χ0) is 14.4. The molecule has 0 bridgehead atoms. The van der Waals surface area contributed by atoms with E-state index in [-0.39, 0.29) is 5.97 Å². The van der Waals surface area contributed by atoms with Gasteiger partial charge in [-0.15, -0.1) is 0 Å². The number of carbonyl (C=O) groups is 1. The minimum Gasteiger partial charge on any atom is -0.492 e. The summed E-state index contributed by atoms with van der Waals surface area (Å²) in [5, 5.41) is 0. The molecule has 110 valence electrons. The Labute approximate surface area is 119 Å². The molecule has 0 spiro atoms. The lowest BCUT2D eigenvalue weighted by Gasteiger charge is -2.26. The van der Waals surface area contributed by atoms with Gasteiger partial charge in [0.25, 0.3) is 0 Å².